The van der Waals surface area contributed by atoms with Crippen molar-refractivity contribution in [2.75, 3.05) is 27.4 Å². The van der Waals surface area contributed by atoms with Crippen LogP contribution in [-0.4, -0.2) is 95.9 Å². The first-order valence-electron chi connectivity index (χ1n) is 18.1. The van der Waals surface area contributed by atoms with E-state index in [0.29, 0.717) is 0 Å². The Morgan fingerprint density at radius 3 is 2.14 bits per heavy atom. The summed E-state index contributed by atoms with van der Waals surface area (Å²) in [6, 6.07) is 6.65. The number of aromatic hydroxyl groups is 2. The van der Waals surface area contributed by atoms with Crippen LogP contribution in [0.5, 0.6) is 34.5 Å². The Balaban J connectivity index is 1.10. The fourth-order valence-electron chi connectivity index (χ4n) is 7.06. The van der Waals surface area contributed by atoms with Gasteiger partial charge in [-0.2, -0.15) is 8.62 Å². The van der Waals surface area contributed by atoms with Gasteiger partial charge in [0.1, 0.15) is 22.4 Å². The molecule has 3 aliphatic heterocycles. The van der Waals surface area contributed by atoms with E-state index in [4.69, 9.17) is 56.7 Å². The number of hydrogen-bond donors (Lipinski definition) is 9. The van der Waals surface area contributed by atoms with Crippen molar-refractivity contribution in [3.8, 4) is 34.5 Å². The van der Waals surface area contributed by atoms with Gasteiger partial charge in [0.25, 0.3) is 11.5 Å². The number of halogens is 2. The van der Waals surface area contributed by atoms with Crippen molar-refractivity contribution >= 4 is 64.6 Å². The van der Waals surface area contributed by atoms with Crippen LogP contribution in [0.1, 0.15) is 55.6 Å². The number of phenolic OH excluding ortho intramolecular Hbond substituents is 2. The number of phosphoric acid groups is 3. The van der Waals surface area contributed by atoms with Crippen molar-refractivity contribution in [2.24, 2.45) is 0 Å². The number of esters is 1. The Kier molecular flexibility index (Phi) is 13.0. The van der Waals surface area contributed by atoms with Crippen LogP contribution in [0, 0.1) is 0 Å². The van der Waals surface area contributed by atoms with Crippen molar-refractivity contribution in [1.29, 1.82) is 0 Å². The summed E-state index contributed by atoms with van der Waals surface area (Å²) < 4.78 is 75.5. The van der Waals surface area contributed by atoms with Crippen molar-refractivity contribution in [3.05, 3.63) is 107 Å². The van der Waals surface area contributed by atoms with Gasteiger partial charge in [0.05, 0.1) is 49.2 Å². The number of phenols is 2. The van der Waals surface area contributed by atoms with E-state index in [2.05, 4.69) is 23.4 Å². The molecule has 25 nitrogen and oxygen atoms in total. The van der Waals surface area contributed by atoms with Crippen molar-refractivity contribution in [1.82, 2.24) is 14.9 Å². The summed E-state index contributed by atoms with van der Waals surface area (Å²) in [4.78, 5) is 91.2. The standard InChI is InChI=1S/C35H32Cl2N3O22P3/c1-55-21-9-18-29(25(36)27(21)42)59-30-19(10-22(56-2)28(43)26(30)37)35(18)17-8-14(5-6-16(17)33(46)60-35)31(44)38-7-3-4-15-12-40(34(47)39-32(15)45)24-11-20(41)23(58-24)13-57-64(51,52)62-65(53,54)61-63(48,49)50/h3-6,8-10,12,20,23-24,41-43H,7,11,13H2,1-2H3,(H,38,44)(H,51,52)(H,53,54)(H,39,45,47)(H2,48,49,50)/b4-3+/t20-,23+,24+/m0/s1. The van der Waals surface area contributed by atoms with Gasteiger partial charge in [0.15, 0.2) is 40.1 Å². The highest BCUT2D eigenvalue weighted by Gasteiger charge is 2.56. The van der Waals surface area contributed by atoms with E-state index in [1.165, 1.54) is 56.7 Å². The van der Waals surface area contributed by atoms with Gasteiger partial charge in [0, 0.05) is 30.3 Å². The van der Waals surface area contributed by atoms with E-state index in [9.17, 15) is 58.0 Å². The number of rotatable bonds is 14. The van der Waals surface area contributed by atoms with Crippen LogP contribution in [0.25, 0.3) is 6.08 Å². The molecule has 0 radical (unpaired) electrons. The lowest BCUT2D eigenvalue weighted by molar-refractivity contribution is -0.0450. The molecule has 3 aromatic carbocycles. The SMILES string of the molecule is COc1cc2c(c(Cl)c1O)Oc1c(cc(OC)c(O)c1Cl)C21OC(=O)c2ccc(C(=O)NC/C=C/c3cn([C@H]4C[C@H](O)[C@@H](COP(=O)(O)OP(=O)(O)OP(=O)(O)O)O4)c(=O)[nH]c3=O)cc21. The Hall–Kier alpha value is -5.07. The van der Waals surface area contributed by atoms with Gasteiger partial charge < -0.3 is 63.9 Å². The van der Waals surface area contributed by atoms with Gasteiger partial charge >= 0.3 is 35.1 Å². The molecule has 2 unspecified atom stereocenters. The lowest BCUT2D eigenvalue weighted by atomic mass is 9.77. The number of amides is 1. The maximum atomic E-state index is 13.6. The summed E-state index contributed by atoms with van der Waals surface area (Å²) in [6.45, 7) is -1.25. The van der Waals surface area contributed by atoms with Gasteiger partial charge in [-0.1, -0.05) is 35.4 Å². The third kappa shape index (κ3) is 9.22. The molecule has 1 saturated heterocycles. The second-order valence-electron chi connectivity index (χ2n) is 13.9. The lowest BCUT2D eigenvalue weighted by Crippen LogP contribution is -2.34. The molecule has 5 atom stereocenters. The highest BCUT2D eigenvalue weighted by atomic mass is 35.5. The third-order valence-corrected chi connectivity index (χ3v) is 14.4. The number of phosphoric ester groups is 1. The minimum Gasteiger partial charge on any atom is -0.503 e. The molecule has 348 valence electrons. The Labute approximate surface area is 372 Å². The smallest absolute Gasteiger partial charge is 0.490 e. The van der Waals surface area contributed by atoms with E-state index in [1.54, 1.807) is 0 Å². The number of aromatic nitrogens is 2. The van der Waals surface area contributed by atoms with Crippen LogP contribution in [0.15, 0.2) is 52.2 Å². The summed E-state index contributed by atoms with van der Waals surface area (Å²) in [7, 11) is -14.5. The molecule has 3 aliphatic rings. The fourth-order valence-corrected chi connectivity index (χ4v) is 10.6. The summed E-state index contributed by atoms with van der Waals surface area (Å²) in [5.74, 6) is -3.30. The minimum absolute atomic E-state index is 0.00491. The zero-order valence-corrected chi connectivity index (χ0v) is 37.0. The Bertz CT molecular complexity index is 2890. The van der Waals surface area contributed by atoms with Crippen molar-refractivity contribution in [3.63, 3.8) is 0 Å². The highest BCUT2D eigenvalue weighted by Crippen LogP contribution is 2.67. The van der Waals surface area contributed by atoms with Gasteiger partial charge in [0.2, 0.25) is 0 Å². The molecule has 1 spiro atoms. The molecule has 1 aromatic heterocycles. The Morgan fingerprint density at radius 2 is 1.55 bits per heavy atom. The van der Waals surface area contributed by atoms with Gasteiger partial charge in [-0.05, 0) is 30.3 Å². The van der Waals surface area contributed by atoms with Crippen LogP contribution >= 0.6 is 46.7 Å². The maximum absolute atomic E-state index is 13.6. The van der Waals surface area contributed by atoms with Crippen molar-refractivity contribution in [2.45, 2.75) is 30.5 Å². The summed E-state index contributed by atoms with van der Waals surface area (Å²) >= 11 is 13.1. The normalized spacial score (nSPS) is 20.3. The molecule has 0 bridgehead atoms. The maximum Gasteiger partial charge on any atom is 0.490 e. The largest absolute Gasteiger partial charge is 0.503 e. The van der Waals surface area contributed by atoms with Crippen LogP contribution in [0.2, 0.25) is 10.0 Å². The van der Waals surface area contributed by atoms with E-state index >= 15 is 0 Å². The number of aromatic amines is 1. The predicted octanol–water partition coefficient (Wildman–Crippen LogP) is 3.27. The molecule has 4 heterocycles. The first-order chi connectivity index (χ1) is 30.4. The Morgan fingerprint density at radius 1 is 0.938 bits per heavy atom. The van der Waals surface area contributed by atoms with Gasteiger partial charge in [-0.15, -0.1) is 0 Å². The number of benzene rings is 3. The number of hydrogen-bond acceptors (Lipinski definition) is 18. The average molecular weight is 1010 g/mol. The van der Waals surface area contributed by atoms with E-state index in [0.717, 1.165) is 10.8 Å². The monoisotopic (exact) mass is 1010 g/mol. The second-order valence-corrected chi connectivity index (χ2v) is 19.0. The molecule has 30 heteroatoms. The quantitative estimate of drug-likeness (QED) is 0.0646. The number of methoxy groups -OCH3 is 2. The molecule has 65 heavy (non-hydrogen) atoms. The van der Waals surface area contributed by atoms with Crippen LogP contribution < -0.4 is 30.8 Å². The number of H-pyrrole nitrogens is 1. The van der Waals surface area contributed by atoms with E-state index < -0.39 is 88.7 Å². The molecule has 7 rings (SSSR count). The molecule has 1 amide bonds. The van der Waals surface area contributed by atoms with Crippen LogP contribution in [-0.2, 0) is 41.9 Å². The average Bonchev–Trinajstić information content (AvgIpc) is 3.73. The zero-order chi connectivity index (χ0) is 47.6. The molecule has 0 saturated carbocycles. The van der Waals surface area contributed by atoms with Gasteiger partial charge in [-0.3, -0.25) is 23.7 Å². The molecule has 4 aromatic rings. The molecule has 9 N–H and O–H groups in total. The number of nitrogens with zero attached hydrogens (tertiary/aromatic N) is 1. The number of fused-ring (bicyclic) bond motifs is 6. The summed E-state index contributed by atoms with van der Waals surface area (Å²) in [6.07, 6.45) is -1.06. The molecular formula is C35H32Cl2N3O22P3. The zero-order valence-electron chi connectivity index (χ0n) is 32.8. The molecule has 0 aliphatic carbocycles. The number of carbonyl (C=O) groups is 2. The number of aliphatic hydroxyl groups is 1. The topological polar surface area (TPSA) is 368 Å². The molecule has 1 fully saturated rings. The highest BCUT2D eigenvalue weighted by molar-refractivity contribution is 7.66. The number of ether oxygens (including phenoxy) is 5. The van der Waals surface area contributed by atoms with E-state index in [-0.39, 0.29) is 79.4 Å². The second kappa shape index (κ2) is 17.6. The predicted molar refractivity (Wildman–Crippen MR) is 218 cm³/mol. The molecular weight excluding hydrogens is 978 g/mol. The number of carbonyl (C=O) groups excluding carboxylic acids is 2. The fraction of sp³-hybridized carbons (Fsp3) is 0.257. The first-order valence-corrected chi connectivity index (χ1v) is 23.4. The lowest BCUT2D eigenvalue weighted by Gasteiger charge is -2.37. The first kappa shape index (κ1) is 47.9. The summed E-state index contributed by atoms with van der Waals surface area (Å²) in [5, 5.41) is 33.9. The minimum atomic E-state index is -5.82. The number of nitrogens with one attached hydrogen (secondary N) is 2. The number of aliphatic hydroxyl groups excluding tert-OH is 1. The van der Waals surface area contributed by atoms with Gasteiger partial charge in [-0.25, -0.2) is 23.3 Å². The van der Waals surface area contributed by atoms with Crippen LogP contribution in [0.4, 0.5) is 0 Å². The van der Waals surface area contributed by atoms with Crippen LogP contribution in [0.3, 0.4) is 0 Å². The third-order valence-electron chi connectivity index (χ3n) is 9.86. The summed E-state index contributed by atoms with van der Waals surface area (Å²) in [5.41, 5.74) is -3.84. The van der Waals surface area contributed by atoms with Crippen molar-refractivity contribution < 1.29 is 95.0 Å². The van der Waals surface area contributed by atoms with E-state index in [1.807, 2.05) is 0 Å².